The van der Waals surface area contributed by atoms with Crippen LogP contribution in [0.15, 0.2) is 77.7 Å². The van der Waals surface area contributed by atoms with Gasteiger partial charge in [0.2, 0.25) is 5.82 Å². The monoisotopic (exact) mass is 659 g/mol. The second-order valence-electron chi connectivity index (χ2n) is 10.5. The molecule has 0 saturated carbocycles. The van der Waals surface area contributed by atoms with Crippen LogP contribution in [-0.4, -0.2) is 33.9 Å². The van der Waals surface area contributed by atoms with Gasteiger partial charge in [-0.25, -0.2) is 26.7 Å². The Bertz CT molecular complexity index is 1710. The summed E-state index contributed by atoms with van der Waals surface area (Å²) >= 11 is 1.47. The Hall–Kier alpha value is -4.30. The van der Waals surface area contributed by atoms with E-state index in [9.17, 15) is 41.8 Å². The number of ether oxygens (including phenoxy) is 2. The van der Waals surface area contributed by atoms with Gasteiger partial charge in [0.25, 0.3) is 5.91 Å². The van der Waals surface area contributed by atoms with Crippen LogP contribution in [0.2, 0.25) is 0 Å². The van der Waals surface area contributed by atoms with Crippen LogP contribution in [0.1, 0.15) is 56.7 Å². The van der Waals surface area contributed by atoms with Gasteiger partial charge >= 0.3 is 5.97 Å². The molecule has 1 amide bonds. The number of rotatable bonds is 9. The van der Waals surface area contributed by atoms with Gasteiger partial charge in [0.1, 0.15) is 5.56 Å². The Labute approximate surface area is 264 Å². The number of benzene rings is 4. The SMILES string of the molecule is C[C@H]1[C@@H](CSc2ccc(C(=O)O)cc2)O[C@@H](c2ccc(NC(=O)c3c(F)c(F)c(F)c(F)c3F)cc2)O[C@H]1c1ccc(CO)cc1. The number of hydrogen-bond acceptors (Lipinski definition) is 6. The van der Waals surface area contributed by atoms with Crippen molar-refractivity contribution in [1.82, 2.24) is 0 Å². The maximum absolute atomic E-state index is 14.1. The lowest BCUT2D eigenvalue weighted by Gasteiger charge is -2.41. The molecule has 13 heteroatoms. The molecule has 4 aromatic carbocycles. The maximum atomic E-state index is 14.1. The van der Waals surface area contributed by atoms with Gasteiger partial charge in [0.15, 0.2) is 29.6 Å². The highest BCUT2D eigenvalue weighted by molar-refractivity contribution is 7.99. The average molecular weight is 660 g/mol. The van der Waals surface area contributed by atoms with E-state index < -0.39 is 58.9 Å². The molecule has 1 fully saturated rings. The summed E-state index contributed by atoms with van der Waals surface area (Å²) in [6.07, 6.45) is -1.71. The standard InChI is InChI=1S/C33H26F5NO6S/c1-16-23(15-46-22-12-8-19(9-13-22)32(42)43)44-33(45-30(16)18-4-2-17(14-40)3-5-18)20-6-10-21(11-7-20)39-31(41)24-25(34)27(36)29(38)28(37)26(24)35/h2-13,16,23,30,33,40H,14-15H2,1H3,(H,39,41)(H,42,43)/t16-,23+,30+,33+/m0/s1. The normalized spacial score (nSPS) is 19.5. The van der Waals surface area contributed by atoms with Crippen LogP contribution >= 0.6 is 11.8 Å². The molecule has 1 aliphatic rings. The number of nitrogens with one attached hydrogen (secondary N) is 1. The van der Waals surface area contributed by atoms with Crippen LogP contribution in [0.5, 0.6) is 0 Å². The van der Waals surface area contributed by atoms with Gasteiger partial charge in [-0.3, -0.25) is 4.79 Å². The summed E-state index contributed by atoms with van der Waals surface area (Å²) in [6, 6.07) is 19.5. The summed E-state index contributed by atoms with van der Waals surface area (Å²) in [5.41, 5.74) is 0.639. The first-order valence-corrected chi connectivity index (χ1v) is 14.9. The number of anilines is 1. The van der Waals surface area contributed by atoms with E-state index in [2.05, 4.69) is 5.32 Å². The van der Waals surface area contributed by atoms with Crippen molar-refractivity contribution in [2.24, 2.45) is 5.92 Å². The van der Waals surface area contributed by atoms with E-state index in [1.807, 2.05) is 19.1 Å². The molecule has 0 spiro atoms. The molecule has 1 saturated heterocycles. The highest BCUT2D eigenvalue weighted by Gasteiger charge is 2.38. The van der Waals surface area contributed by atoms with Crippen LogP contribution in [0.4, 0.5) is 27.6 Å². The van der Waals surface area contributed by atoms with E-state index in [0.29, 0.717) is 11.3 Å². The number of amides is 1. The van der Waals surface area contributed by atoms with Crippen molar-refractivity contribution < 1.29 is 51.2 Å². The van der Waals surface area contributed by atoms with Gasteiger partial charge in [0, 0.05) is 27.8 Å². The van der Waals surface area contributed by atoms with Crippen molar-refractivity contribution in [2.75, 3.05) is 11.1 Å². The molecule has 1 heterocycles. The number of halogens is 5. The number of carboxylic acids is 1. The lowest BCUT2D eigenvalue weighted by Crippen LogP contribution is -2.38. The molecular formula is C33H26F5NO6S. The van der Waals surface area contributed by atoms with E-state index in [1.54, 1.807) is 24.3 Å². The molecule has 0 bridgehead atoms. The second kappa shape index (κ2) is 14.0. The van der Waals surface area contributed by atoms with Crippen molar-refractivity contribution in [3.8, 4) is 0 Å². The highest BCUT2D eigenvalue weighted by Crippen LogP contribution is 2.43. The highest BCUT2D eigenvalue weighted by atomic mass is 32.2. The maximum Gasteiger partial charge on any atom is 0.335 e. The summed E-state index contributed by atoms with van der Waals surface area (Å²) in [5.74, 6) is -13.5. The van der Waals surface area contributed by atoms with Gasteiger partial charge < -0.3 is 25.0 Å². The Morgan fingerprint density at radius 3 is 1.91 bits per heavy atom. The van der Waals surface area contributed by atoms with Crippen molar-refractivity contribution in [1.29, 1.82) is 0 Å². The Morgan fingerprint density at radius 2 is 1.35 bits per heavy atom. The van der Waals surface area contributed by atoms with E-state index in [4.69, 9.17) is 9.47 Å². The predicted molar refractivity (Wildman–Crippen MR) is 158 cm³/mol. The van der Waals surface area contributed by atoms with Gasteiger partial charge in [-0.05, 0) is 47.5 Å². The first kappa shape index (κ1) is 33.1. The first-order valence-electron chi connectivity index (χ1n) is 13.9. The molecule has 0 radical (unpaired) electrons. The number of thioether (sulfide) groups is 1. The molecule has 4 atom stereocenters. The van der Waals surface area contributed by atoms with Crippen LogP contribution in [0.25, 0.3) is 0 Å². The zero-order chi connectivity index (χ0) is 33.1. The van der Waals surface area contributed by atoms with Gasteiger partial charge in [-0.2, -0.15) is 0 Å². The molecule has 5 rings (SSSR count). The van der Waals surface area contributed by atoms with Crippen molar-refractivity contribution in [2.45, 2.75) is 36.9 Å². The van der Waals surface area contributed by atoms with E-state index in [0.717, 1.165) is 16.0 Å². The van der Waals surface area contributed by atoms with Gasteiger partial charge in [0.05, 0.1) is 24.4 Å². The first-order chi connectivity index (χ1) is 22.0. The summed E-state index contributed by atoms with van der Waals surface area (Å²) in [5, 5.41) is 20.8. The number of carbonyl (C=O) groups excluding carboxylic acids is 1. The third-order valence-corrected chi connectivity index (χ3v) is 8.62. The number of aromatic carboxylic acids is 1. The predicted octanol–water partition coefficient (Wildman–Crippen LogP) is 7.41. The molecular weight excluding hydrogens is 633 g/mol. The zero-order valence-corrected chi connectivity index (χ0v) is 24.8. The molecule has 3 N–H and O–H groups in total. The summed E-state index contributed by atoms with van der Waals surface area (Å²) in [7, 11) is 0. The third-order valence-electron chi connectivity index (χ3n) is 7.52. The Morgan fingerprint density at radius 1 is 0.783 bits per heavy atom. The number of aliphatic hydroxyl groups is 1. The zero-order valence-electron chi connectivity index (χ0n) is 24.0. The Kier molecular flexibility index (Phi) is 10.1. The molecule has 240 valence electrons. The van der Waals surface area contributed by atoms with Crippen LogP contribution in [-0.2, 0) is 16.1 Å². The molecule has 7 nitrogen and oxygen atoms in total. The van der Waals surface area contributed by atoms with Crippen molar-refractivity contribution in [3.63, 3.8) is 0 Å². The fourth-order valence-corrected chi connectivity index (χ4v) is 5.97. The topological polar surface area (TPSA) is 105 Å². The summed E-state index contributed by atoms with van der Waals surface area (Å²) < 4.78 is 81.5. The van der Waals surface area contributed by atoms with Crippen molar-refractivity contribution >= 4 is 29.3 Å². The molecule has 0 aromatic heterocycles. The summed E-state index contributed by atoms with van der Waals surface area (Å²) in [6.45, 7) is 1.85. The van der Waals surface area contributed by atoms with Gasteiger partial charge in [-0.1, -0.05) is 43.3 Å². The fourth-order valence-electron chi connectivity index (χ4n) is 4.90. The number of carboxylic acid groups (broad SMARTS) is 1. The van der Waals surface area contributed by atoms with Crippen molar-refractivity contribution in [3.05, 3.63) is 130 Å². The summed E-state index contributed by atoms with van der Waals surface area (Å²) in [4.78, 5) is 24.5. The van der Waals surface area contributed by atoms with E-state index in [-0.39, 0.29) is 29.9 Å². The smallest absolute Gasteiger partial charge is 0.335 e. The van der Waals surface area contributed by atoms with Gasteiger partial charge in [-0.15, -0.1) is 11.8 Å². The Balaban J connectivity index is 1.36. The van der Waals surface area contributed by atoms with Crippen LogP contribution < -0.4 is 5.32 Å². The fraction of sp³-hybridized carbons (Fsp3) is 0.212. The van der Waals surface area contributed by atoms with Crippen LogP contribution in [0.3, 0.4) is 0 Å². The lowest BCUT2D eigenvalue weighted by molar-refractivity contribution is -0.268. The molecule has 4 aromatic rings. The lowest BCUT2D eigenvalue weighted by atomic mass is 9.91. The molecule has 46 heavy (non-hydrogen) atoms. The average Bonchev–Trinajstić information content (AvgIpc) is 3.06. The number of carbonyl (C=O) groups is 2. The molecule has 1 aliphatic heterocycles. The number of aliphatic hydroxyl groups excluding tert-OH is 1. The quantitative estimate of drug-likeness (QED) is 0.0744. The van der Waals surface area contributed by atoms with E-state index in [1.165, 1.54) is 48.2 Å². The minimum Gasteiger partial charge on any atom is -0.478 e. The molecule has 0 unspecified atom stereocenters. The second-order valence-corrected chi connectivity index (χ2v) is 11.6. The minimum absolute atomic E-state index is 0.00919. The van der Waals surface area contributed by atoms with Crippen LogP contribution in [0, 0.1) is 35.0 Å². The third kappa shape index (κ3) is 6.92. The molecule has 0 aliphatic carbocycles. The number of hydrogen-bond donors (Lipinski definition) is 3. The van der Waals surface area contributed by atoms with E-state index >= 15 is 0 Å². The largest absolute Gasteiger partial charge is 0.478 e. The minimum atomic E-state index is -2.37.